The predicted octanol–water partition coefficient (Wildman–Crippen LogP) is 7.29. The molecular weight excluding hydrogens is 547 g/mol. The van der Waals surface area contributed by atoms with Crippen LogP contribution in [0.4, 0.5) is 0 Å². The van der Waals surface area contributed by atoms with E-state index in [2.05, 4.69) is 5.32 Å². The van der Waals surface area contributed by atoms with Crippen molar-refractivity contribution in [3.05, 3.63) is 105 Å². The quantitative estimate of drug-likeness (QED) is 0.246. The van der Waals surface area contributed by atoms with Crippen LogP contribution < -0.4 is 5.32 Å². The molecule has 0 bridgehead atoms. The number of hydrogen-bond acceptors (Lipinski definition) is 3. The minimum atomic E-state index is -0.668. The molecule has 3 rings (SSSR count). The van der Waals surface area contributed by atoms with Crippen molar-refractivity contribution in [2.45, 2.75) is 38.6 Å². The smallest absolute Gasteiger partial charge is 0.243 e. The summed E-state index contributed by atoms with van der Waals surface area (Å²) in [7, 11) is 0. The summed E-state index contributed by atoms with van der Waals surface area (Å²) in [6.45, 7) is 4.90. The third-order valence-electron chi connectivity index (χ3n) is 5.68. The van der Waals surface area contributed by atoms with Gasteiger partial charge in [0.05, 0.1) is 15.8 Å². The van der Waals surface area contributed by atoms with Gasteiger partial charge in [-0.25, -0.2) is 0 Å². The fourth-order valence-corrected chi connectivity index (χ4v) is 5.17. The Morgan fingerprint density at radius 1 is 0.865 bits per heavy atom. The van der Waals surface area contributed by atoms with Crippen molar-refractivity contribution >= 4 is 58.4 Å². The van der Waals surface area contributed by atoms with Gasteiger partial charge in [-0.1, -0.05) is 97.2 Å². The van der Waals surface area contributed by atoms with Crippen LogP contribution in [0.25, 0.3) is 0 Å². The van der Waals surface area contributed by atoms with E-state index in [0.29, 0.717) is 39.7 Å². The van der Waals surface area contributed by atoms with E-state index in [4.69, 9.17) is 34.8 Å². The first-order chi connectivity index (χ1) is 17.7. The van der Waals surface area contributed by atoms with E-state index in [-0.39, 0.29) is 24.1 Å². The highest BCUT2D eigenvalue weighted by Gasteiger charge is 2.30. The largest absolute Gasteiger partial charge is 0.354 e. The summed E-state index contributed by atoms with van der Waals surface area (Å²) in [5.41, 5.74) is 2.83. The number of rotatable bonds is 12. The lowest BCUT2D eigenvalue weighted by atomic mass is 10.0. The van der Waals surface area contributed by atoms with Gasteiger partial charge >= 0.3 is 0 Å². The van der Waals surface area contributed by atoms with Crippen LogP contribution in [0.2, 0.25) is 15.1 Å². The van der Waals surface area contributed by atoms with Gasteiger partial charge in [0.15, 0.2) is 0 Å². The number of hydrogen-bond donors (Lipinski definition) is 1. The molecule has 0 saturated carbocycles. The molecule has 196 valence electrons. The molecule has 3 aromatic carbocycles. The highest BCUT2D eigenvalue weighted by molar-refractivity contribution is 7.99. The van der Waals surface area contributed by atoms with E-state index in [1.165, 1.54) is 11.8 Å². The van der Waals surface area contributed by atoms with Gasteiger partial charge in [-0.05, 0) is 46.9 Å². The maximum absolute atomic E-state index is 13.7. The Balaban J connectivity index is 1.84. The molecule has 0 aliphatic carbocycles. The van der Waals surface area contributed by atoms with Gasteiger partial charge in [-0.3, -0.25) is 9.59 Å². The Hall–Kier alpha value is -2.18. The number of benzene rings is 3. The molecular formula is C29H31Cl3N2O2S. The molecule has 37 heavy (non-hydrogen) atoms. The Morgan fingerprint density at radius 2 is 1.59 bits per heavy atom. The number of amides is 2. The maximum Gasteiger partial charge on any atom is 0.243 e. The molecule has 1 N–H and O–H groups in total. The van der Waals surface area contributed by atoms with E-state index in [9.17, 15) is 9.59 Å². The SMILES string of the molecule is CC(C)CNC(=O)[C@@H](Cc1ccccc1)N(Cc1cccc(Cl)c1)C(=O)CSCc1ccc(Cl)c(Cl)c1. The summed E-state index contributed by atoms with van der Waals surface area (Å²) < 4.78 is 0. The van der Waals surface area contributed by atoms with E-state index in [0.717, 1.165) is 16.7 Å². The number of carbonyl (C=O) groups excluding carboxylic acids is 2. The molecule has 1 atom stereocenters. The second kappa shape index (κ2) is 14.7. The van der Waals surface area contributed by atoms with Crippen molar-refractivity contribution < 1.29 is 9.59 Å². The van der Waals surface area contributed by atoms with Gasteiger partial charge in [-0.2, -0.15) is 0 Å². The van der Waals surface area contributed by atoms with Crippen LogP contribution in [0, 0.1) is 5.92 Å². The third-order valence-corrected chi connectivity index (χ3v) is 7.64. The zero-order valence-corrected chi connectivity index (χ0v) is 24.0. The third kappa shape index (κ3) is 9.57. The monoisotopic (exact) mass is 576 g/mol. The maximum atomic E-state index is 13.7. The summed E-state index contributed by atoms with van der Waals surface area (Å²) >= 11 is 19.9. The first-order valence-electron chi connectivity index (χ1n) is 12.1. The first-order valence-corrected chi connectivity index (χ1v) is 14.4. The van der Waals surface area contributed by atoms with E-state index >= 15 is 0 Å². The molecule has 0 spiro atoms. The molecule has 4 nitrogen and oxygen atoms in total. The van der Waals surface area contributed by atoms with Crippen molar-refractivity contribution in [3.63, 3.8) is 0 Å². The lowest BCUT2D eigenvalue weighted by Crippen LogP contribution is -2.51. The standard InChI is InChI=1S/C29H31Cl3N2O2S/c1-20(2)16-33-29(36)27(15-21-7-4-3-5-8-21)34(17-22-9-6-10-24(30)13-22)28(35)19-37-18-23-11-12-25(31)26(32)14-23/h3-14,20,27H,15-19H2,1-2H3,(H,33,36)/t27-/m1/s1. The van der Waals surface area contributed by atoms with Crippen LogP contribution in [-0.2, 0) is 28.3 Å². The van der Waals surface area contributed by atoms with Gasteiger partial charge in [0, 0.05) is 30.3 Å². The lowest BCUT2D eigenvalue weighted by molar-refractivity contribution is -0.139. The highest BCUT2D eigenvalue weighted by atomic mass is 35.5. The molecule has 0 radical (unpaired) electrons. The number of nitrogens with zero attached hydrogens (tertiary/aromatic N) is 1. The van der Waals surface area contributed by atoms with Crippen molar-refractivity contribution in [2.75, 3.05) is 12.3 Å². The van der Waals surface area contributed by atoms with Crippen LogP contribution in [0.3, 0.4) is 0 Å². The Morgan fingerprint density at radius 3 is 2.27 bits per heavy atom. The highest BCUT2D eigenvalue weighted by Crippen LogP contribution is 2.25. The second-order valence-corrected chi connectivity index (χ2v) is 11.5. The Labute approximate surface area is 238 Å². The first kappa shape index (κ1) is 29.4. The van der Waals surface area contributed by atoms with Crippen molar-refractivity contribution in [1.29, 1.82) is 0 Å². The van der Waals surface area contributed by atoms with Crippen LogP contribution in [0.1, 0.15) is 30.5 Å². The van der Waals surface area contributed by atoms with Gasteiger partial charge in [-0.15, -0.1) is 11.8 Å². The molecule has 0 unspecified atom stereocenters. The lowest BCUT2D eigenvalue weighted by Gasteiger charge is -2.32. The van der Waals surface area contributed by atoms with Crippen LogP contribution in [0.5, 0.6) is 0 Å². The van der Waals surface area contributed by atoms with Gasteiger partial charge in [0.2, 0.25) is 11.8 Å². The van der Waals surface area contributed by atoms with E-state index in [1.54, 1.807) is 17.0 Å². The van der Waals surface area contributed by atoms with Crippen molar-refractivity contribution in [2.24, 2.45) is 5.92 Å². The molecule has 0 fully saturated rings. The van der Waals surface area contributed by atoms with Crippen molar-refractivity contribution in [1.82, 2.24) is 10.2 Å². The summed E-state index contributed by atoms with van der Waals surface area (Å²) in [4.78, 5) is 28.8. The molecule has 2 amide bonds. The van der Waals surface area contributed by atoms with E-state index in [1.807, 2.05) is 74.5 Å². The topological polar surface area (TPSA) is 49.4 Å². The molecule has 0 aliphatic rings. The van der Waals surface area contributed by atoms with Gasteiger partial charge < -0.3 is 10.2 Å². The molecule has 0 saturated heterocycles. The summed E-state index contributed by atoms with van der Waals surface area (Å²) in [6.07, 6.45) is 0.411. The van der Waals surface area contributed by atoms with E-state index < -0.39 is 6.04 Å². The molecule has 0 heterocycles. The normalized spacial score (nSPS) is 11.8. The minimum absolute atomic E-state index is 0.120. The fourth-order valence-electron chi connectivity index (χ4n) is 3.78. The average Bonchev–Trinajstić information content (AvgIpc) is 2.87. The fraction of sp³-hybridized carbons (Fsp3) is 0.310. The van der Waals surface area contributed by atoms with Crippen LogP contribution >= 0.6 is 46.6 Å². The summed E-state index contributed by atoms with van der Waals surface area (Å²) in [6, 6.07) is 21.9. The number of thioether (sulfide) groups is 1. The zero-order valence-electron chi connectivity index (χ0n) is 20.9. The molecule has 0 aliphatic heterocycles. The average molecular weight is 578 g/mol. The second-order valence-electron chi connectivity index (χ2n) is 9.24. The van der Waals surface area contributed by atoms with Gasteiger partial charge in [0.1, 0.15) is 6.04 Å². The Bertz CT molecular complexity index is 1190. The minimum Gasteiger partial charge on any atom is -0.354 e. The molecule has 3 aromatic rings. The summed E-state index contributed by atoms with van der Waals surface area (Å²) in [5.74, 6) is 0.813. The number of nitrogens with one attached hydrogen (secondary N) is 1. The number of carbonyl (C=O) groups is 2. The number of halogens is 3. The molecule has 0 aromatic heterocycles. The van der Waals surface area contributed by atoms with Crippen molar-refractivity contribution in [3.8, 4) is 0 Å². The Kier molecular flexibility index (Phi) is 11.7. The zero-order chi connectivity index (χ0) is 26.8. The summed E-state index contributed by atoms with van der Waals surface area (Å²) in [5, 5.41) is 4.60. The molecule has 8 heteroatoms. The van der Waals surface area contributed by atoms with Crippen LogP contribution in [-0.4, -0.2) is 35.1 Å². The van der Waals surface area contributed by atoms with Crippen LogP contribution in [0.15, 0.2) is 72.8 Å². The predicted molar refractivity (Wildman–Crippen MR) is 156 cm³/mol. The van der Waals surface area contributed by atoms with Gasteiger partial charge in [0.25, 0.3) is 0 Å².